The molecule has 0 saturated heterocycles. The zero-order valence-electron chi connectivity index (χ0n) is 8.74. The molecule has 0 spiro atoms. The van der Waals surface area contributed by atoms with Gasteiger partial charge in [-0.15, -0.1) is 0 Å². The molecule has 0 aromatic carbocycles. The maximum Gasteiger partial charge on any atom is 0.511 e. The van der Waals surface area contributed by atoms with Gasteiger partial charge in [0.25, 0.3) is 0 Å². The molecular formula is C7H12F3NO4S. The van der Waals surface area contributed by atoms with Gasteiger partial charge in [-0.2, -0.15) is 17.5 Å². The lowest BCUT2D eigenvalue weighted by atomic mass is 10.3. The number of nitrogens with zero attached hydrogens (tertiary/aromatic N) is 1. The van der Waals surface area contributed by atoms with Crippen LogP contribution in [0.25, 0.3) is 0 Å². The lowest BCUT2D eigenvalue weighted by molar-refractivity contribution is -0.140. The Morgan fingerprint density at radius 3 is 2.25 bits per heavy atom. The van der Waals surface area contributed by atoms with E-state index in [4.69, 9.17) is 0 Å². The molecule has 0 bridgehead atoms. The van der Waals surface area contributed by atoms with Crippen LogP contribution in [0.5, 0.6) is 0 Å². The molecule has 0 aliphatic carbocycles. The van der Waals surface area contributed by atoms with E-state index in [0.717, 1.165) is 14.2 Å². The van der Waals surface area contributed by atoms with Gasteiger partial charge in [0.05, 0.1) is 7.11 Å². The largest absolute Gasteiger partial charge is 0.511 e. The van der Waals surface area contributed by atoms with Crippen molar-refractivity contribution in [3.05, 3.63) is 0 Å². The van der Waals surface area contributed by atoms with Crippen molar-refractivity contribution in [2.24, 2.45) is 0 Å². The average Bonchev–Trinajstić information content (AvgIpc) is 2.15. The highest BCUT2D eigenvalue weighted by Gasteiger charge is 2.48. The summed E-state index contributed by atoms with van der Waals surface area (Å²) in [5.41, 5.74) is -5.31. The van der Waals surface area contributed by atoms with Crippen molar-refractivity contribution < 1.29 is 31.1 Å². The van der Waals surface area contributed by atoms with Gasteiger partial charge < -0.3 is 4.74 Å². The number of ether oxygens (including phenoxy) is 1. The van der Waals surface area contributed by atoms with Crippen molar-refractivity contribution in [2.45, 2.75) is 18.3 Å². The van der Waals surface area contributed by atoms with Gasteiger partial charge in [0.2, 0.25) is 0 Å². The first-order valence-corrected chi connectivity index (χ1v) is 5.66. The molecule has 0 heterocycles. The number of hydrogen-bond donors (Lipinski definition) is 0. The molecule has 96 valence electrons. The van der Waals surface area contributed by atoms with Crippen LogP contribution in [0.15, 0.2) is 0 Å². The standard InChI is InChI=1S/C7H12F3NO4S/c1-11(5-3-4-6(12)15-2)16(13,14)7(8,9)10/h3-5H2,1-2H3. The molecule has 0 fully saturated rings. The third-order valence-corrected chi connectivity index (χ3v) is 3.37. The fourth-order valence-corrected chi connectivity index (χ4v) is 1.57. The van der Waals surface area contributed by atoms with E-state index in [1.165, 1.54) is 0 Å². The van der Waals surface area contributed by atoms with Crippen molar-refractivity contribution in [1.82, 2.24) is 4.31 Å². The molecule has 0 aromatic heterocycles. The van der Waals surface area contributed by atoms with Gasteiger partial charge >= 0.3 is 21.5 Å². The highest BCUT2D eigenvalue weighted by molar-refractivity contribution is 7.89. The minimum atomic E-state index is -5.31. The number of rotatable bonds is 5. The summed E-state index contributed by atoms with van der Waals surface area (Å²) in [4.78, 5) is 10.6. The Balaban J connectivity index is 4.28. The monoisotopic (exact) mass is 263 g/mol. The van der Waals surface area contributed by atoms with Crippen LogP contribution in [0.4, 0.5) is 13.2 Å². The van der Waals surface area contributed by atoms with Gasteiger partial charge in [0.1, 0.15) is 0 Å². The minimum Gasteiger partial charge on any atom is -0.469 e. The molecule has 0 rings (SSSR count). The number of esters is 1. The number of carbonyl (C=O) groups is 1. The van der Waals surface area contributed by atoms with Gasteiger partial charge in [-0.3, -0.25) is 4.79 Å². The van der Waals surface area contributed by atoms with Crippen LogP contribution in [0.2, 0.25) is 0 Å². The normalized spacial score (nSPS) is 12.9. The van der Waals surface area contributed by atoms with Crippen LogP contribution in [0.3, 0.4) is 0 Å². The first kappa shape index (κ1) is 15.2. The molecule has 0 atom stereocenters. The first-order valence-electron chi connectivity index (χ1n) is 4.22. The second-order valence-electron chi connectivity index (χ2n) is 2.95. The number of methoxy groups -OCH3 is 1. The fourth-order valence-electron chi connectivity index (χ4n) is 0.845. The molecule has 0 amide bonds. The smallest absolute Gasteiger partial charge is 0.469 e. The molecule has 0 aliphatic rings. The van der Waals surface area contributed by atoms with Crippen molar-refractivity contribution in [1.29, 1.82) is 0 Å². The third kappa shape index (κ3) is 3.97. The molecule has 0 N–H and O–H groups in total. The summed E-state index contributed by atoms with van der Waals surface area (Å²) in [7, 11) is -3.36. The summed E-state index contributed by atoms with van der Waals surface area (Å²) in [5, 5.41) is 0. The zero-order valence-corrected chi connectivity index (χ0v) is 9.56. The first-order chi connectivity index (χ1) is 7.13. The Labute approximate surface area is 91.2 Å². The molecule has 0 radical (unpaired) electrons. The summed E-state index contributed by atoms with van der Waals surface area (Å²) < 4.78 is 62.0. The molecule has 5 nitrogen and oxygen atoms in total. The van der Waals surface area contributed by atoms with Crippen LogP contribution < -0.4 is 0 Å². The van der Waals surface area contributed by atoms with Crippen LogP contribution in [0, 0.1) is 0 Å². The lowest BCUT2D eigenvalue weighted by Gasteiger charge is -2.18. The van der Waals surface area contributed by atoms with E-state index in [0.29, 0.717) is 0 Å². The Bertz CT molecular complexity index is 338. The van der Waals surface area contributed by atoms with Crippen LogP contribution in [0.1, 0.15) is 12.8 Å². The molecule has 0 aromatic rings. The maximum absolute atomic E-state index is 12.0. The zero-order chi connectivity index (χ0) is 13.0. The highest BCUT2D eigenvalue weighted by atomic mass is 32.2. The van der Waals surface area contributed by atoms with Crippen molar-refractivity contribution in [2.75, 3.05) is 20.7 Å². The lowest BCUT2D eigenvalue weighted by Crippen LogP contribution is -2.38. The van der Waals surface area contributed by atoms with Gasteiger partial charge in [-0.05, 0) is 6.42 Å². The number of sulfonamides is 1. The Morgan fingerprint density at radius 1 is 1.38 bits per heavy atom. The van der Waals surface area contributed by atoms with E-state index in [2.05, 4.69) is 4.74 Å². The number of hydrogen-bond acceptors (Lipinski definition) is 4. The molecule has 0 unspecified atom stereocenters. The summed E-state index contributed by atoms with van der Waals surface area (Å²) in [6.45, 7) is -0.392. The van der Waals surface area contributed by atoms with Crippen molar-refractivity contribution >= 4 is 16.0 Å². The summed E-state index contributed by atoms with van der Waals surface area (Å²) >= 11 is 0. The molecule has 16 heavy (non-hydrogen) atoms. The molecule has 0 saturated carbocycles. The Morgan fingerprint density at radius 2 is 1.88 bits per heavy atom. The van der Waals surface area contributed by atoms with Gasteiger partial charge in [0, 0.05) is 20.0 Å². The van der Waals surface area contributed by atoms with Gasteiger partial charge in [-0.25, -0.2) is 8.42 Å². The molecule has 0 aliphatic heterocycles. The SMILES string of the molecule is COC(=O)CCCN(C)S(=O)(=O)C(F)(F)F. The van der Waals surface area contributed by atoms with E-state index >= 15 is 0 Å². The predicted octanol–water partition coefficient (Wildman–Crippen LogP) is 0.721. The number of carbonyl (C=O) groups excluding carboxylic acids is 1. The van der Waals surface area contributed by atoms with Crippen LogP contribution in [-0.4, -0.2) is 44.9 Å². The van der Waals surface area contributed by atoms with Crippen molar-refractivity contribution in [3.63, 3.8) is 0 Å². The van der Waals surface area contributed by atoms with E-state index in [1.54, 1.807) is 0 Å². The Kier molecular flexibility index (Phi) is 5.20. The second-order valence-corrected chi connectivity index (χ2v) is 4.99. The average molecular weight is 263 g/mol. The molecular weight excluding hydrogens is 251 g/mol. The highest BCUT2D eigenvalue weighted by Crippen LogP contribution is 2.25. The fraction of sp³-hybridized carbons (Fsp3) is 0.857. The van der Waals surface area contributed by atoms with Gasteiger partial charge in [-0.1, -0.05) is 0 Å². The van der Waals surface area contributed by atoms with Crippen molar-refractivity contribution in [3.8, 4) is 0 Å². The molecule has 9 heteroatoms. The van der Waals surface area contributed by atoms with E-state index < -0.39 is 28.0 Å². The number of alkyl halides is 3. The predicted molar refractivity (Wildman–Crippen MR) is 48.9 cm³/mol. The van der Waals surface area contributed by atoms with Gasteiger partial charge in [0.15, 0.2) is 0 Å². The Hall–Kier alpha value is -0.830. The summed E-state index contributed by atoms with van der Waals surface area (Å²) in [6, 6.07) is 0. The second kappa shape index (κ2) is 5.48. The number of halogens is 3. The minimum absolute atomic E-state index is 0.0293. The van der Waals surface area contributed by atoms with Crippen LogP contribution in [-0.2, 0) is 19.6 Å². The summed E-state index contributed by atoms with van der Waals surface area (Å²) in [5.74, 6) is -0.599. The topological polar surface area (TPSA) is 63.7 Å². The maximum atomic E-state index is 12.0. The van der Waals surface area contributed by atoms with E-state index in [9.17, 15) is 26.4 Å². The van der Waals surface area contributed by atoms with Crippen LogP contribution >= 0.6 is 0 Å². The summed E-state index contributed by atoms with van der Waals surface area (Å²) in [6.07, 6.45) is -0.160. The third-order valence-electron chi connectivity index (χ3n) is 1.78. The quantitative estimate of drug-likeness (QED) is 0.686. The van der Waals surface area contributed by atoms with E-state index in [-0.39, 0.29) is 17.1 Å². The van der Waals surface area contributed by atoms with E-state index in [1.807, 2.05) is 0 Å².